The van der Waals surface area contributed by atoms with E-state index in [1.165, 1.54) is 37.4 Å². The average molecular weight is 337 g/mol. The highest BCUT2D eigenvalue weighted by Crippen LogP contribution is 2.14. The van der Waals surface area contributed by atoms with E-state index in [2.05, 4.69) is 9.97 Å². The monoisotopic (exact) mass is 337 g/mol. The van der Waals surface area contributed by atoms with Gasteiger partial charge in [0.1, 0.15) is 0 Å². The van der Waals surface area contributed by atoms with Crippen LogP contribution in [0.25, 0.3) is 11.2 Å². The van der Waals surface area contributed by atoms with Gasteiger partial charge in [0.05, 0.1) is 6.61 Å². The third-order valence-corrected chi connectivity index (χ3v) is 3.55. The summed E-state index contributed by atoms with van der Waals surface area (Å²) < 4.78 is 7.02. The molecular weight excluding hydrogens is 318 g/mol. The largest absolute Gasteiger partial charge is 0.466 e. The molecule has 24 heavy (non-hydrogen) atoms. The molecule has 0 aromatic carbocycles. The fraction of sp³-hybridized carbons (Fsp3) is 0.500. The lowest BCUT2D eigenvalue weighted by molar-refractivity contribution is -0.140. The Labute approximate surface area is 136 Å². The van der Waals surface area contributed by atoms with Crippen LogP contribution in [0.2, 0.25) is 0 Å². The van der Waals surface area contributed by atoms with Gasteiger partial charge in [-0.2, -0.15) is 4.98 Å². The van der Waals surface area contributed by atoms with Gasteiger partial charge in [0, 0.05) is 34.5 Å². The number of anilines is 1. The van der Waals surface area contributed by atoms with E-state index in [-0.39, 0.29) is 36.2 Å². The van der Waals surface area contributed by atoms with Crippen molar-refractivity contribution in [3.63, 3.8) is 0 Å². The highest BCUT2D eigenvalue weighted by Gasteiger charge is 2.19. The van der Waals surface area contributed by atoms with Gasteiger partial charge in [0.25, 0.3) is 5.56 Å². The van der Waals surface area contributed by atoms with Crippen LogP contribution in [0, 0.1) is 0 Å². The number of aromatic amines is 1. The van der Waals surface area contributed by atoms with E-state index in [0.717, 1.165) is 4.57 Å². The van der Waals surface area contributed by atoms with Gasteiger partial charge >= 0.3 is 11.7 Å². The Balaban J connectivity index is 2.38. The van der Waals surface area contributed by atoms with Gasteiger partial charge in [-0.1, -0.05) is 0 Å². The lowest BCUT2D eigenvalue weighted by Gasteiger charge is -2.17. The number of imidazole rings is 1. The number of nitrogens with one attached hydrogen (secondary N) is 1. The minimum Gasteiger partial charge on any atom is -0.466 e. The molecule has 2 heterocycles. The standard InChI is InChI=1S/C14H19N5O5/c1-8(20)19(6-5-7-24-9(2)21)13-15-10-11(16-13)17(3)14(23)18(4)12(10)22/h5-7H2,1-4H3,(H,15,16). The van der Waals surface area contributed by atoms with Crippen LogP contribution in [0.3, 0.4) is 0 Å². The van der Waals surface area contributed by atoms with Crippen molar-refractivity contribution in [2.24, 2.45) is 14.1 Å². The summed E-state index contributed by atoms with van der Waals surface area (Å²) in [6.07, 6.45) is 0.410. The number of fused-ring (bicyclic) bond motifs is 1. The first kappa shape index (κ1) is 17.4. The quantitative estimate of drug-likeness (QED) is 0.567. The van der Waals surface area contributed by atoms with Crippen molar-refractivity contribution in [1.82, 2.24) is 19.1 Å². The Kier molecular flexibility index (Phi) is 4.86. The first-order valence-corrected chi connectivity index (χ1v) is 7.31. The molecule has 0 radical (unpaired) electrons. The zero-order chi connectivity index (χ0) is 18.0. The van der Waals surface area contributed by atoms with Crippen LogP contribution in [0.5, 0.6) is 0 Å². The van der Waals surface area contributed by atoms with E-state index in [1.807, 2.05) is 0 Å². The van der Waals surface area contributed by atoms with Crippen molar-refractivity contribution in [1.29, 1.82) is 0 Å². The SMILES string of the molecule is CC(=O)OCCCN(C(C)=O)c1nc2c([nH]1)c(=O)n(C)c(=O)n2C. The van der Waals surface area contributed by atoms with Crippen molar-refractivity contribution < 1.29 is 14.3 Å². The van der Waals surface area contributed by atoms with Crippen molar-refractivity contribution in [3.05, 3.63) is 20.8 Å². The summed E-state index contributed by atoms with van der Waals surface area (Å²) in [5.41, 5.74) is -0.713. The summed E-state index contributed by atoms with van der Waals surface area (Å²) in [5, 5.41) is 0. The number of esters is 1. The molecule has 2 aromatic rings. The summed E-state index contributed by atoms with van der Waals surface area (Å²) in [6.45, 7) is 3.07. The third kappa shape index (κ3) is 3.21. The molecule has 0 fully saturated rings. The highest BCUT2D eigenvalue weighted by molar-refractivity contribution is 5.91. The van der Waals surface area contributed by atoms with E-state index in [4.69, 9.17) is 4.74 Å². The molecular formula is C14H19N5O5. The number of carbonyl (C=O) groups is 2. The molecule has 130 valence electrons. The van der Waals surface area contributed by atoms with Gasteiger partial charge in [-0.25, -0.2) is 4.79 Å². The molecule has 0 saturated carbocycles. The van der Waals surface area contributed by atoms with Gasteiger partial charge in [0.15, 0.2) is 11.2 Å². The number of carbonyl (C=O) groups excluding carboxylic acids is 2. The number of hydrogen-bond donors (Lipinski definition) is 1. The normalized spacial score (nSPS) is 10.8. The van der Waals surface area contributed by atoms with Crippen LogP contribution in [0.15, 0.2) is 9.59 Å². The second kappa shape index (κ2) is 6.69. The van der Waals surface area contributed by atoms with Gasteiger partial charge < -0.3 is 9.72 Å². The lowest BCUT2D eigenvalue weighted by Crippen LogP contribution is -2.36. The van der Waals surface area contributed by atoms with Gasteiger partial charge in [-0.05, 0) is 6.42 Å². The van der Waals surface area contributed by atoms with E-state index < -0.39 is 17.2 Å². The maximum atomic E-state index is 12.2. The number of rotatable bonds is 5. The van der Waals surface area contributed by atoms with Gasteiger partial charge in [-0.15, -0.1) is 0 Å². The summed E-state index contributed by atoms with van der Waals surface area (Å²) in [6, 6.07) is 0. The summed E-state index contributed by atoms with van der Waals surface area (Å²) in [5.74, 6) is -0.524. The number of amides is 1. The first-order valence-electron chi connectivity index (χ1n) is 7.31. The van der Waals surface area contributed by atoms with Crippen molar-refractivity contribution in [2.45, 2.75) is 20.3 Å². The molecule has 0 aliphatic rings. The first-order chi connectivity index (χ1) is 11.2. The lowest BCUT2D eigenvalue weighted by atomic mass is 10.4. The number of hydrogen-bond acceptors (Lipinski definition) is 6. The predicted octanol–water partition coefficient (Wildman–Crippen LogP) is -0.734. The van der Waals surface area contributed by atoms with Crippen LogP contribution >= 0.6 is 0 Å². The van der Waals surface area contributed by atoms with Crippen LogP contribution in [0.1, 0.15) is 20.3 Å². The molecule has 10 nitrogen and oxygen atoms in total. The molecule has 0 bridgehead atoms. The van der Waals surface area contributed by atoms with Crippen molar-refractivity contribution in [3.8, 4) is 0 Å². The molecule has 0 atom stereocenters. The summed E-state index contributed by atoms with van der Waals surface area (Å²) >= 11 is 0. The minimum absolute atomic E-state index is 0.140. The van der Waals surface area contributed by atoms with Gasteiger partial charge in [-0.3, -0.25) is 28.4 Å². The molecule has 10 heteroatoms. The maximum Gasteiger partial charge on any atom is 0.332 e. The number of aryl methyl sites for hydroxylation is 1. The molecule has 0 aliphatic heterocycles. The Hall–Kier alpha value is -2.91. The molecule has 0 aliphatic carbocycles. The second-order valence-electron chi connectivity index (χ2n) is 5.33. The topological polar surface area (TPSA) is 119 Å². The molecule has 2 aromatic heterocycles. The van der Waals surface area contributed by atoms with E-state index in [0.29, 0.717) is 6.42 Å². The Bertz CT molecular complexity index is 907. The average Bonchev–Trinajstić information content (AvgIpc) is 2.95. The molecule has 0 spiro atoms. The maximum absolute atomic E-state index is 12.2. The molecule has 0 saturated heterocycles. The molecule has 1 N–H and O–H groups in total. The van der Waals surface area contributed by atoms with Crippen LogP contribution in [0.4, 0.5) is 5.95 Å². The number of ether oxygens (including phenoxy) is 1. The molecule has 1 amide bonds. The zero-order valence-electron chi connectivity index (χ0n) is 14.0. The molecule has 0 unspecified atom stereocenters. The van der Waals surface area contributed by atoms with Crippen LogP contribution in [-0.4, -0.2) is 44.1 Å². The van der Waals surface area contributed by atoms with Crippen molar-refractivity contribution in [2.75, 3.05) is 18.1 Å². The number of aromatic nitrogens is 4. The van der Waals surface area contributed by atoms with Crippen LogP contribution < -0.4 is 16.1 Å². The fourth-order valence-corrected chi connectivity index (χ4v) is 2.29. The fourth-order valence-electron chi connectivity index (χ4n) is 2.29. The number of H-pyrrole nitrogens is 1. The Morgan fingerprint density at radius 3 is 2.46 bits per heavy atom. The van der Waals surface area contributed by atoms with E-state index >= 15 is 0 Å². The predicted molar refractivity (Wildman–Crippen MR) is 85.9 cm³/mol. The summed E-state index contributed by atoms with van der Waals surface area (Å²) in [7, 11) is 2.86. The molecule has 2 rings (SSSR count). The Morgan fingerprint density at radius 1 is 1.21 bits per heavy atom. The Morgan fingerprint density at radius 2 is 1.88 bits per heavy atom. The minimum atomic E-state index is -0.518. The van der Waals surface area contributed by atoms with Gasteiger partial charge in [0.2, 0.25) is 11.9 Å². The number of nitrogens with zero attached hydrogens (tertiary/aromatic N) is 4. The summed E-state index contributed by atoms with van der Waals surface area (Å²) in [4.78, 5) is 55.0. The smallest absolute Gasteiger partial charge is 0.332 e. The third-order valence-electron chi connectivity index (χ3n) is 3.55. The van der Waals surface area contributed by atoms with E-state index in [1.54, 1.807) is 0 Å². The highest BCUT2D eigenvalue weighted by atomic mass is 16.5. The van der Waals surface area contributed by atoms with Crippen molar-refractivity contribution >= 4 is 29.0 Å². The zero-order valence-corrected chi connectivity index (χ0v) is 14.0. The van der Waals surface area contributed by atoms with E-state index in [9.17, 15) is 19.2 Å². The van der Waals surface area contributed by atoms with Crippen LogP contribution in [-0.2, 0) is 28.4 Å². The second-order valence-corrected chi connectivity index (χ2v) is 5.33.